The highest BCUT2D eigenvalue weighted by Gasteiger charge is 2.26. The first-order chi connectivity index (χ1) is 16.3. The maximum absolute atomic E-state index is 14.4. The first kappa shape index (κ1) is 23.9. The van der Waals surface area contributed by atoms with Crippen molar-refractivity contribution >= 4 is 46.5 Å². The predicted molar refractivity (Wildman–Crippen MR) is 130 cm³/mol. The molecule has 176 valence electrons. The van der Waals surface area contributed by atoms with Gasteiger partial charge in [0.15, 0.2) is 5.82 Å². The summed E-state index contributed by atoms with van der Waals surface area (Å²) in [7, 11) is 1.50. The summed E-state index contributed by atoms with van der Waals surface area (Å²) in [5.74, 6) is -1.66. The molecule has 0 unspecified atom stereocenters. The lowest BCUT2D eigenvalue weighted by molar-refractivity contribution is 0.0983. The zero-order chi connectivity index (χ0) is 24.4. The van der Waals surface area contributed by atoms with Crippen molar-refractivity contribution in [3.8, 4) is 11.1 Å². The fraction of sp³-hybridized carbons (Fsp3) is 0.208. The van der Waals surface area contributed by atoms with Gasteiger partial charge in [0.2, 0.25) is 5.91 Å². The zero-order valence-electron chi connectivity index (χ0n) is 18.2. The summed E-state index contributed by atoms with van der Waals surface area (Å²) in [6, 6.07) is 10.6. The van der Waals surface area contributed by atoms with Gasteiger partial charge in [0, 0.05) is 41.5 Å². The van der Waals surface area contributed by atoms with Crippen LogP contribution in [0.3, 0.4) is 0 Å². The number of rotatable bonds is 5. The van der Waals surface area contributed by atoms with E-state index < -0.39 is 17.6 Å². The third-order valence-electron chi connectivity index (χ3n) is 5.51. The third kappa shape index (κ3) is 4.70. The molecular weight excluding hydrogens is 482 g/mol. The quantitative estimate of drug-likeness (QED) is 0.543. The maximum atomic E-state index is 14.4. The molecule has 1 saturated heterocycles. The molecule has 0 saturated carbocycles. The van der Waals surface area contributed by atoms with Gasteiger partial charge < -0.3 is 15.4 Å². The van der Waals surface area contributed by atoms with Crippen molar-refractivity contribution < 1.29 is 18.7 Å². The number of carbonyl (C=O) groups is 2. The Hall–Kier alpha value is -3.20. The van der Waals surface area contributed by atoms with Crippen LogP contribution in [0.5, 0.6) is 0 Å². The van der Waals surface area contributed by atoms with Crippen LogP contribution in [0.25, 0.3) is 11.1 Å². The van der Waals surface area contributed by atoms with E-state index in [0.29, 0.717) is 46.4 Å². The van der Waals surface area contributed by atoms with Crippen LogP contribution in [-0.4, -0.2) is 43.7 Å². The van der Waals surface area contributed by atoms with Gasteiger partial charge in [-0.05, 0) is 42.8 Å². The number of pyridine rings is 1. The van der Waals surface area contributed by atoms with Crippen molar-refractivity contribution in [1.82, 2.24) is 4.98 Å². The molecule has 10 heteroatoms. The number of primary amides is 1. The molecule has 0 radical (unpaired) electrons. The average molecular weight is 503 g/mol. The number of nitrogens with two attached hydrogens (primary N) is 1. The number of carbonyl (C=O) groups excluding carboxylic acids is 2. The Bertz CT molecular complexity index is 1240. The topological polar surface area (TPSA) is 88.8 Å². The second-order valence-electron chi connectivity index (χ2n) is 7.74. The molecule has 1 fully saturated rings. The number of aromatic nitrogens is 1. The van der Waals surface area contributed by atoms with Gasteiger partial charge in [0.25, 0.3) is 5.91 Å². The Balaban J connectivity index is 1.81. The summed E-state index contributed by atoms with van der Waals surface area (Å²) in [6.45, 7) is 1.57. The van der Waals surface area contributed by atoms with Gasteiger partial charge in [-0.15, -0.1) is 0 Å². The SMILES string of the molecule is CN(C(=O)c1c(F)cccc1Cl)c1ncc(-c2cc(C(N)=O)ccc2Cl)cc1N1CCCOC1. The Kier molecular flexibility index (Phi) is 7.02. The first-order valence-corrected chi connectivity index (χ1v) is 11.2. The molecule has 4 rings (SSSR count). The largest absolute Gasteiger partial charge is 0.366 e. The van der Waals surface area contributed by atoms with Gasteiger partial charge in [-0.25, -0.2) is 9.37 Å². The van der Waals surface area contributed by atoms with Crippen LogP contribution in [0.15, 0.2) is 48.7 Å². The van der Waals surface area contributed by atoms with E-state index in [1.807, 2.05) is 4.90 Å². The summed E-state index contributed by atoms with van der Waals surface area (Å²) in [5, 5.41) is 0.411. The van der Waals surface area contributed by atoms with Gasteiger partial charge in [0.1, 0.15) is 12.5 Å². The summed E-state index contributed by atoms with van der Waals surface area (Å²) in [4.78, 5) is 32.6. The summed E-state index contributed by atoms with van der Waals surface area (Å²) >= 11 is 12.5. The highest BCUT2D eigenvalue weighted by molar-refractivity contribution is 6.34. The molecule has 2 aromatic carbocycles. The van der Waals surface area contributed by atoms with Gasteiger partial charge in [-0.3, -0.25) is 14.5 Å². The van der Waals surface area contributed by atoms with Crippen molar-refractivity contribution in [1.29, 1.82) is 0 Å². The van der Waals surface area contributed by atoms with Gasteiger partial charge >= 0.3 is 0 Å². The molecule has 1 aliphatic rings. The van der Waals surface area contributed by atoms with Crippen LogP contribution in [0, 0.1) is 5.82 Å². The van der Waals surface area contributed by atoms with E-state index in [0.717, 1.165) is 6.42 Å². The molecule has 0 aliphatic carbocycles. The molecule has 7 nitrogen and oxygen atoms in total. The monoisotopic (exact) mass is 502 g/mol. The van der Waals surface area contributed by atoms with Crippen LogP contribution in [0.4, 0.5) is 15.9 Å². The van der Waals surface area contributed by atoms with Crippen molar-refractivity contribution in [2.45, 2.75) is 6.42 Å². The first-order valence-electron chi connectivity index (χ1n) is 10.4. The number of benzene rings is 2. The van der Waals surface area contributed by atoms with Gasteiger partial charge in [-0.1, -0.05) is 29.3 Å². The third-order valence-corrected chi connectivity index (χ3v) is 6.16. The van der Waals surface area contributed by atoms with E-state index in [4.69, 9.17) is 33.7 Å². The maximum Gasteiger partial charge on any atom is 0.263 e. The number of amides is 2. The van der Waals surface area contributed by atoms with Gasteiger partial charge in [0.05, 0.1) is 22.9 Å². The second-order valence-corrected chi connectivity index (χ2v) is 8.56. The normalized spacial score (nSPS) is 13.6. The Labute approximate surface area is 205 Å². The van der Waals surface area contributed by atoms with Crippen molar-refractivity contribution in [2.24, 2.45) is 5.73 Å². The number of hydrogen-bond acceptors (Lipinski definition) is 5. The molecule has 0 bridgehead atoms. The molecule has 2 N–H and O–H groups in total. The molecule has 1 aromatic heterocycles. The van der Waals surface area contributed by atoms with E-state index >= 15 is 0 Å². The predicted octanol–water partition coefficient (Wildman–Crippen LogP) is 4.75. The number of nitrogens with zero attached hydrogens (tertiary/aromatic N) is 3. The highest BCUT2D eigenvalue weighted by atomic mass is 35.5. The Morgan fingerprint density at radius 2 is 1.97 bits per heavy atom. The molecular formula is C24H21Cl2FN4O3. The van der Waals surface area contributed by atoms with Gasteiger partial charge in [-0.2, -0.15) is 0 Å². The number of hydrogen-bond donors (Lipinski definition) is 1. The fourth-order valence-electron chi connectivity index (χ4n) is 3.74. The van der Waals surface area contributed by atoms with Crippen LogP contribution in [0.1, 0.15) is 27.1 Å². The number of halogens is 3. The minimum atomic E-state index is -0.723. The van der Waals surface area contributed by atoms with Crippen LogP contribution < -0.4 is 15.5 Å². The summed E-state index contributed by atoms with van der Waals surface area (Å²) < 4.78 is 20.0. The Morgan fingerprint density at radius 1 is 1.18 bits per heavy atom. The molecule has 3 aromatic rings. The lowest BCUT2D eigenvalue weighted by Gasteiger charge is -2.32. The summed E-state index contributed by atoms with van der Waals surface area (Å²) in [6.07, 6.45) is 2.31. The molecule has 1 aliphatic heterocycles. The van der Waals surface area contributed by atoms with Crippen LogP contribution in [0.2, 0.25) is 10.0 Å². The number of anilines is 2. The van der Waals surface area contributed by atoms with Crippen molar-refractivity contribution in [3.05, 3.63) is 75.7 Å². The smallest absolute Gasteiger partial charge is 0.263 e. The lowest BCUT2D eigenvalue weighted by atomic mass is 10.0. The van der Waals surface area contributed by atoms with E-state index in [1.165, 1.54) is 36.3 Å². The lowest BCUT2D eigenvalue weighted by Crippen LogP contribution is -2.36. The fourth-order valence-corrected chi connectivity index (χ4v) is 4.21. The van der Waals surface area contributed by atoms with Crippen LogP contribution in [-0.2, 0) is 4.74 Å². The van der Waals surface area contributed by atoms with E-state index in [-0.39, 0.29) is 17.3 Å². The van der Waals surface area contributed by atoms with E-state index in [9.17, 15) is 14.0 Å². The highest BCUT2D eigenvalue weighted by Crippen LogP contribution is 2.36. The molecule has 2 amide bonds. The minimum Gasteiger partial charge on any atom is -0.366 e. The number of ether oxygens (including phenoxy) is 1. The molecule has 34 heavy (non-hydrogen) atoms. The van der Waals surface area contributed by atoms with Crippen molar-refractivity contribution in [3.63, 3.8) is 0 Å². The molecule has 0 atom stereocenters. The van der Waals surface area contributed by atoms with Crippen molar-refractivity contribution in [2.75, 3.05) is 36.7 Å². The van der Waals surface area contributed by atoms with Crippen LogP contribution >= 0.6 is 23.2 Å². The van der Waals surface area contributed by atoms with E-state index in [1.54, 1.807) is 24.3 Å². The minimum absolute atomic E-state index is 0.00590. The van der Waals surface area contributed by atoms with E-state index in [2.05, 4.69) is 4.98 Å². The zero-order valence-corrected chi connectivity index (χ0v) is 19.7. The molecule has 0 spiro atoms. The second kappa shape index (κ2) is 9.97. The standard InChI is InChI=1S/C24H21Cl2FN4O3/c1-30(24(33)21-18(26)4-2-5-19(21)27)23-20(31-8-3-9-34-13-31)11-15(12-29-23)16-10-14(22(28)32)6-7-17(16)25/h2,4-7,10-12H,3,8-9,13H2,1H3,(H2,28,32). The average Bonchev–Trinajstić information content (AvgIpc) is 2.83. The summed E-state index contributed by atoms with van der Waals surface area (Å²) in [5.41, 5.74) is 7.24. The molecule has 2 heterocycles. The Morgan fingerprint density at radius 3 is 2.65 bits per heavy atom.